The lowest BCUT2D eigenvalue weighted by molar-refractivity contribution is 0.394. The van der Waals surface area contributed by atoms with E-state index in [1.807, 2.05) is 30.3 Å². The summed E-state index contributed by atoms with van der Waals surface area (Å²) in [4.78, 5) is 7.36. The molecule has 0 bridgehead atoms. The summed E-state index contributed by atoms with van der Waals surface area (Å²) in [5.74, 6) is 1.49. The molecule has 2 unspecified atom stereocenters. The summed E-state index contributed by atoms with van der Waals surface area (Å²) in [6, 6.07) is 44.2. The molecule has 0 fully saturated rings. The summed E-state index contributed by atoms with van der Waals surface area (Å²) in [6.07, 6.45) is 9.21. The van der Waals surface area contributed by atoms with Gasteiger partial charge in [0.1, 0.15) is 5.52 Å². The van der Waals surface area contributed by atoms with Gasteiger partial charge in [0, 0.05) is 39.0 Å². The van der Waals surface area contributed by atoms with E-state index in [0.717, 1.165) is 44.5 Å². The van der Waals surface area contributed by atoms with Crippen molar-refractivity contribution in [2.24, 2.45) is 5.92 Å². The molecule has 0 radical (unpaired) electrons. The maximum Gasteiger partial charge on any atom is 0.227 e. The van der Waals surface area contributed by atoms with Crippen molar-refractivity contribution in [2.75, 3.05) is 4.90 Å². The van der Waals surface area contributed by atoms with Crippen LogP contribution in [0.2, 0.25) is 0 Å². The van der Waals surface area contributed by atoms with Gasteiger partial charge in [-0.15, -0.1) is 0 Å². The number of fused-ring (bicyclic) bond motifs is 9. The second-order valence-corrected chi connectivity index (χ2v) is 15.2. The Labute approximate surface area is 293 Å². The molecule has 7 aromatic rings. The standard InChI is InChI=1S/C47H38N2O/c1-46(2)39-19-11-9-16-33(39)37-27-30(22-25-40(37)46)49(31-21-23-34-32-15-8-10-18-38(32)47(3,4)41(34)28-31)43-20-12-17-36-35(43)24-26-42-44(36)50-45(48-42)29-13-6-5-7-14-29/h5-28,32,38H,1-4H3. The summed E-state index contributed by atoms with van der Waals surface area (Å²) in [7, 11) is 0. The minimum atomic E-state index is -0.0575. The van der Waals surface area contributed by atoms with Crippen LogP contribution in [0.4, 0.5) is 17.1 Å². The Bertz CT molecular complexity index is 2570. The van der Waals surface area contributed by atoms with E-state index >= 15 is 0 Å². The molecule has 0 amide bonds. The lowest BCUT2D eigenvalue weighted by Gasteiger charge is -2.31. The van der Waals surface area contributed by atoms with Crippen LogP contribution in [0.3, 0.4) is 0 Å². The van der Waals surface area contributed by atoms with Gasteiger partial charge in [-0.2, -0.15) is 0 Å². The van der Waals surface area contributed by atoms with Gasteiger partial charge in [0.2, 0.25) is 5.89 Å². The highest BCUT2D eigenvalue weighted by Crippen LogP contribution is 2.55. The number of hydrogen-bond acceptors (Lipinski definition) is 3. The van der Waals surface area contributed by atoms with Gasteiger partial charge >= 0.3 is 0 Å². The van der Waals surface area contributed by atoms with Crippen LogP contribution in [0.5, 0.6) is 0 Å². The molecular weight excluding hydrogens is 609 g/mol. The van der Waals surface area contributed by atoms with E-state index in [0.29, 0.717) is 17.7 Å². The first kappa shape index (κ1) is 29.3. The van der Waals surface area contributed by atoms with Crippen molar-refractivity contribution in [1.82, 2.24) is 4.98 Å². The van der Waals surface area contributed by atoms with Crippen LogP contribution >= 0.6 is 0 Å². The van der Waals surface area contributed by atoms with Crippen molar-refractivity contribution in [1.29, 1.82) is 0 Å². The van der Waals surface area contributed by atoms with Gasteiger partial charge in [-0.1, -0.05) is 119 Å². The van der Waals surface area contributed by atoms with Gasteiger partial charge in [-0.3, -0.25) is 0 Å². The highest BCUT2D eigenvalue weighted by Gasteiger charge is 2.45. The molecule has 0 saturated heterocycles. The summed E-state index contributed by atoms with van der Waals surface area (Å²) < 4.78 is 6.54. The van der Waals surface area contributed by atoms with Gasteiger partial charge in [-0.05, 0) is 99.3 Å². The fourth-order valence-corrected chi connectivity index (χ4v) is 9.21. The number of benzene rings is 6. The van der Waals surface area contributed by atoms with E-state index in [4.69, 9.17) is 9.40 Å². The number of allylic oxidation sites excluding steroid dienone is 4. The van der Waals surface area contributed by atoms with Gasteiger partial charge in [0.15, 0.2) is 5.58 Å². The van der Waals surface area contributed by atoms with E-state index < -0.39 is 0 Å². The Hall–Kier alpha value is -5.67. The minimum absolute atomic E-state index is 0.00242. The molecule has 50 heavy (non-hydrogen) atoms. The van der Waals surface area contributed by atoms with Gasteiger partial charge in [0.05, 0.1) is 5.69 Å². The third-order valence-electron chi connectivity index (χ3n) is 11.8. The summed E-state index contributed by atoms with van der Waals surface area (Å²) in [5.41, 5.74) is 14.2. The maximum absolute atomic E-state index is 6.54. The van der Waals surface area contributed by atoms with Crippen LogP contribution in [-0.2, 0) is 10.8 Å². The Morgan fingerprint density at radius 1 is 0.620 bits per heavy atom. The Morgan fingerprint density at radius 2 is 1.38 bits per heavy atom. The van der Waals surface area contributed by atoms with Crippen LogP contribution in [-0.4, -0.2) is 4.98 Å². The third kappa shape index (κ3) is 4.07. The van der Waals surface area contributed by atoms with E-state index in [9.17, 15) is 0 Å². The molecule has 0 N–H and O–H groups in total. The first-order valence-electron chi connectivity index (χ1n) is 17.7. The highest BCUT2D eigenvalue weighted by atomic mass is 16.3. The fourth-order valence-electron chi connectivity index (χ4n) is 9.21. The Kier molecular flexibility index (Phi) is 6.10. The van der Waals surface area contributed by atoms with Gasteiger partial charge in [0.25, 0.3) is 0 Å². The molecule has 10 rings (SSSR count). The lowest BCUT2D eigenvalue weighted by atomic mass is 9.74. The van der Waals surface area contributed by atoms with Crippen molar-refractivity contribution in [3.63, 3.8) is 0 Å². The summed E-state index contributed by atoms with van der Waals surface area (Å²) in [6.45, 7) is 9.50. The second-order valence-electron chi connectivity index (χ2n) is 15.2. The monoisotopic (exact) mass is 646 g/mol. The third-order valence-corrected chi connectivity index (χ3v) is 11.8. The molecule has 6 aromatic carbocycles. The van der Waals surface area contributed by atoms with E-state index in [1.165, 1.54) is 33.4 Å². The molecule has 1 heterocycles. The van der Waals surface area contributed by atoms with Crippen LogP contribution in [0, 0.1) is 5.92 Å². The summed E-state index contributed by atoms with van der Waals surface area (Å²) in [5, 5.41) is 2.17. The predicted octanol–water partition coefficient (Wildman–Crippen LogP) is 12.5. The van der Waals surface area contributed by atoms with Crippen molar-refractivity contribution < 1.29 is 4.42 Å². The Morgan fingerprint density at radius 3 is 2.26 bits per heavy atom. The first-order chi connectivity index (χ1) is 24.3. The smallest absolute Gasteiger partial charge is 0.227 e. The van der Waals surface area contributed by atoms with Crippen molar-refractivity contribution in [3.05, 3.63) is 168 Å². The van der Waals surface area contributed by atoms with Gasteiger partial charge in [-0.25, -0.2) is 4.98 Å². The molecule has 0 spiro atoms. The Balaban J connectivity index is 1.21. The first-order valence-corrected chi connectivity index (χ1v) is 17.7. The molecule has 3 aliphatic carbocycles. The second kappa shape index (κ2) is 10.4. The molecular formula is C47H38N2O. The molecule has 1 aromatic heterocycles. The summed E-state index contributed by atoms with van der Waals surface area (Å²) >= 11 is 0. The lowest BCUT2D eigenvalue weighted by Crippen LogP contribution is -2.24. The van der Waals surface area contributed by atoms with E-state index in [1.54, 1.807) is 0 Å². The molecule has 0 aliphatic heterocycles. The van der Waals surface area contributed by atoms with E-state index in [-0.39, 0.29) is 10.8 Å². The maximum atomic E-state index is 6.54. The van der Waals surface area contributed by atoms with Crippen LogP contribution in [0.1, 0.15) is 55.9 Å². The minimum Gasteiger partial charge on any atom is -0.435 e. The average molecular weight is 647 g/mol. The van der Waals surface area contributed by atoms with Gasteiger partial charge < -0.3 is 9.32 Å². The molecule has 2 atom stereocenters. The molecule has 0 saturated carbocycles. The van der Waals surface area contributed by atoms with Crippen LogP contribution in [0.25, 0.3) is 44.5 Å². The number of aromatic nitrogens is 1. The topological polar surface area (TPSA) is 29.3 Å². The van der Waals surface area contributed by atoms with E-state index in [2.05, 4.69) is 148 Å². The van der Waals surface area contributed by atoms with Crippen molar-refractivity contribution in [2.45, 2.75) is 44.4 Å². The number of rotatable bonds is 4. The zero-order valence-corrected chi connectivity index (χ0v) is 28.8. The number of oxazole rings is 1. The van der Waals surface area contributed by atoms with Crippen molar-refractivity contribution in [3.8, 4) is 22.6 Å². The SMILES string of the molecule is CC1(C)c2ccccc2-c2cc(N(c3ccc4c(c3)C(C)(C)C3C=CC=CC43)c3cccc4c3ccc3nc(-c5ccccc5)oc34)ccc21. The molecule has 3 nitrogen and oxygen atoms in total. The quantitative estimate of drug-likeness (QED) is 0.191. The molecule has 3 heteroatoms. The fraction of sp³-hybridized carbons (Fsp3) is 0.170. The average Bonchev–Trinajstić information content (AvgIpc) is 3.76. The highest BCUT2D eigenvalue weighted by molar-refractivity contribution is 6.10. The molecule has 3 aliphatic rings. The number of nitrogens with zero attached hydrogens (tertiary/aromatic N) is 2. The molecule has 242 valence electrons. The van der Waals surface area contributed by atoms with Crippen LogP contribution in [0.15, 0.2) is 150 Å². The largest absolute Gasteiger partial charge is 0.435 e. The van der Waals surface area contributed by atoms with Crippen molar-refractivity contribution >= 4 is 38.9 Å². The number of hydrogen-bond donors (Lipinski definition) is 0. The zero-order chi connectivity index (χ0) is 33.8. The normalized spacial score (nSPS) is 19.0. The predicted molar refractivity (Wildman–Crippen MR) is 207 cm³/mol. The zero-order valence-electron chi connectivity index (χ0n) is 28.8. The number of anilines is 3. The van der Waals surface area contributed by atoms with Crippen LogP contribution < -0.4 is 4.90 Å².